The van der Waals surface area contributed by atoms with Crippen LogP contribution in [-0.2, 0) is 0 Å². The number of hydrogen-bond acceptors (Lipinski definition) is 0. The first-order valence-electron chi connectivity index (χ1n) is 16.1. The average Bonchev–Trinajstić information content (AvgIpc) is 3.02. The highest BCUT2D eigenvalue weighted by atomic mass is 30.0. The van der Waals surface area contributed by atoms with Crippen LogP contribution in [0, 0.1) is 0 Å². The van der Waals surface area contributed by atoms with Crippen LogP contribution in [0.2, 0.25) is 49.9 Å². The smallest absolute Gasteiger partial charge is 0.0366 e. The standard InChI is InChI=1S/C33H73Si6/c1-24-26-27(25-2)39(37(22,30(9,10)11)31(12,13)14,38(23,32(15,16)17)33(18,19)20)34-35(26)36(21,28(3,4)5)29(6,7)8/h24-25H2,1-23H3/q-1. The summed E-state index contributed by atoms with van der Waals surface area (Å²) in [6.45, 7) is 60.5. The van der Waals surface area contributed by atoms with Crippen LogP contribution in [0.4, 0.5) is 0 Å². The molecule has 0 aromatic heterocycles. The van der Waals surface area contributed by atoms with Crippen molar-refractivity contribution in [1.29, 1.82) is 0 Å². The van der Waals surface area contributed by atoms with Gasteiger partial charge in [-0.05, 0) is 43.1 Å². The molecule has 6 heteroatoms. The Balaban J connectivity index is 4.99. The lowest BCUT2D eigenvalue weighted by Crippen LogP contribution is -2.87. The van der Waals surface area contributed by atoms with Crippen LogP contribution in [0.5, 0.6) is 0 Å². The van der Waals surface area contributed by atoms with Gasteiger partial charge < -0.3 is 8.13 Å². The molecule has 1 heterocycles. The first kappa shape index (κ1) is 38.1. The molecule has 0 saturated carbocycles. The Morgan fingerprint density at radius 2 is 0.795 bits per heavy atom. The Labute approximate surface area is 255 Å². The first-order valence-corrected chi connectivity index (χ1v) is 33.1. The van der Waals surface area contributed by atoms with Crippen molar-refractivity contribution in [2.45, 2.75) is 201 Å². The van der Waals surface area contributed by atoms with Gasteiger partial charge in [-0.3, -0.25) is 0 Å². The maximum Gasteiger partial charge on any atom is 0.0366 e. The summed E-state index contributed by atoms with van der Waals surface area (Å²) in [5, 5.41) is 6.63. The van der Waals surface area contributed by atoms with Crippen molar-refractivity contribution >= 4 is 44.9 Å². The molecule has 0 aromatic rings. The molecule has 0 atom stereocenters. The summed E-state index contributed by atoms with van der Waals surface area (Å²) in [5.41, 5.74) is 0. The van der Waals surface area contributed by atoms with E-state index in [-0.39, 0.29) is 0 Å². The molecule has 0 aliphatic carbocycles. The molecule has 230 valence electrons. The van der Waals surface area contributed by atoms with E-state index in [9.17, 15) is 0 Å². The van der Waals surface area contributed by atoms with Crippen LogP contribution in [0.3, 0.4) is 0 Å². The summed E-state index contributed by atoms with van der Waals surface area (Å²) in [6.07, 6.45) is 2.66. The minimum atomic E-state index is -1.96. The van der Waals surface area contributed by atoms with Crippen LogP contribution in [0.15, 0.2) is 10.4 Å². The third-order valence-corrected chi connectivity index (χ3v) is 109. The summed E-state index contributed by atoms with van der Waals surface area (Å²) < 4.78 is 0. The second-order valence-electron chi connectivity index (χ2n) is 19.8. The van der Waals surface area contributed by atoms with Gasteiger partial charge in [0.1, 0.15) is 0 Å². The molecule has 1 aliphatic heterocycles. The van der Waals surface area contributed by atoms with E-state index in [0.29, 0.717) is 30.2 Å². The fourth-order valence-corrected chi connectivity index (χ4v) is 162. The van der Waals surface area contributed by atoms with E-state index < -0.39 is 36.8 Å². The summed E-state index contributed by atoms with van der Waals surface area (Å²) in [5.74, 6) is 0. The molecule has 0 saturated heterocycles. The van der Waals surface area contributed by atoms with Crippen LogP contribution in [0.25, 0.3) is 0 Å². The fraction of sp³-hybridized carbons (Fsp3) is 0.939. The molecule has 1 rings (SSSR count). The summed E-state index contributed by atoms with van der Waals surface area (Å²) in [6, 6.07) is 0. The van der Waals surface area contributed by atoms with Gasteiger partial charge in [-0.1, -0.05) is 165 Å². The molecule has 0 bridgehead atoms. The normalized spacial score (nSPS) is 19.1. The zero-order chi connectivity index (χ0) is 31.9. The highest BCUT2D eigenvalue weighted by Gasteiger charge is 2.70. The van der Waals surface area contributed by atoms with Gasteiger partial charge in [0.2, 0.25) is 0 Å². The molecule has 0 radical (unpaired) electrons. The molecule has 39 heavy (non-hydrogen) atoms. The van der Waals surface area contributed by atoms with E-state index in [1.165, 1.54) is 21.0 Å². The number of allylic oxidation sites excluding steroid dienone is 2. The van der Waals surface area contributed by atoms with Gasteiger partial charge >= 0.3 is 0 Å². The maximum absolute atomic E-state index is 3.00. The molecule has 0 fully saturated rings. The molecule has 0 aromatic carbocycles. The Morgan fingerprint density at radius 3 is 0.974 bits per heavy atom. The Bertz CT molecular complexity index is 892. The topological polar surface area (TPSA) is 0 Å². The molecule has 0 nitrogen and oxygen atoms in total. The summed E-state index contributed by atoms with van der Waals surface area (Å²) in [4.78, 5) is 0. The molecule has 1 aliphatic rings. The van der Waals surface area contributed by atoms with Gasteiger partial charge in [-0.15, -0.1) is 10.4 Å². The Kier molecular flexibility index (Phi) is 10.3. The minimum absolute atomic E-state index is 0.382. The largest absolute Gasteiger partial charge is 0.454 e. The van der Waals surface area contributed by atoms with E-state index in [0.717, 1.165) is 0 Å². The first-order chi connectivity index (χ1) is 16.7. The van der Waals surface area contributed by atoms with Gasteiger partial charge in [0.15, 0.2) is 0 Å². The molecule has 0 spiro atoms. The predicted octanol–water partition coefficient (Wildman–Crippen LogP) is 12.1. The third-order valence-electron chi connectivity index (χ3n) is 13.1. The van der Waals surface area contributed by atoms with Crippen LogP contribution in [0.1, 0.15) is 151 Å². The minimum Gasteiger partial charge on any atom is -0.454 e. The lowest BCUT2D eigenvalue weighted by atomic mass is 10.2. The number of rotatable bonds is 5. The molecule has 0 amide bonds. The average molecular weight is 638 g/mol. The van der Waals surface area contributed by atoms with Crippen LogP contribution < -0.4 is 0 Å². The lowest BCUT2D eigenvalue weighted by molar-refractivity contribution is 0.624. The highest BCUT2D eigenvalue weighted by molar-refractivity contribution is 7.91. The predicted molar refractivity (Wildman–Crippen MR) is 198 cm³/mol. The fourth-order valence-electron chi connectivity index (χ4n) is 9.74. The van der Waals surface area contributed by atoms with Crippen molar-refractivity contribution < 1.29 is 0 Å². The maximum atomic E-state index is 3.00. The molecular weight excluding hydrogens is 565 g/mol. The zero-order valence-electron chi connectivity index (χ0n) is 31.4. The van der Waals surface area contributed by atoms with Crippen molar-refractivity contribution in [1.82, 2.24) is 0 Å². The van der Waals surface area contributed by atoms with Crippen molar-refractivity contribution in [3.8, 4) is 0 Å². The SMILES string of the molecule is CCC1=C(CC)[Si]([Si](C)(C(C)(C)C)C(C)(C)C)([Si](C)(C(C)(C)C)C(C)(C)C)[Si-]=[Si]1[Si](C)(C(C)(C)C)C(C)(C)C. The highest BCUT2D eigenvalue weighted by Crippen LogP contribution is 2.67. The quantitative estimate of drug-likeness (QED) is 0.263. The number of hydrogen-bond donors (Lipinski definition) is 0. The molecule has 0 N–H and O–H groups in total. The molecule has 0 unspecified atom stereocenters. The van der Waals surface area contributed by atoms with E-state index in [2.05, 4.69) is 169 Å². The van der Waals surface area contributed by atoms with E-state index in [1.54, 1.807) is 0 Å². The second kappa shape index (κ2) is 10.6. The van der Waals surface area contributed by atoms with Gasteiger partial charge in [-0.25, -0.2) is 0 Å². The van der Waals surface area contributed by atoms with Gasteiger partial charge in [0.25, 0.3) is 0 Å². The van der Waals surface area contributed by atoms with Crippen molar-refractivity contribution in [3.63, 3.8) is 0 Å². The Morgan fingerprint density at radius 1 is 0.513 bits per heavy atom. The van der Waals surface area contributed by atoms with E-state index in [4.69, 9.17) is 0 Å². The van der Waals surface area contributed by atoms with Gasteiger partial charge in [-0.2, -0.15) is 7.41 Å². The van der Waals surface area contributed by atoms with Crippen molar-refractivity contribution in [3.05, 3.63) is 10.4 Å². The van der Waals surface area contributed by atoms with Crippen LogP contribution >= 0.6 is 0 Å². The van der Waals surface area contributed by atoms with Crippen molar-refractivity contribution in [2.75, 3.05) is 0 Å². The summed E-state index contributed by atoms with van der Waals surface area (Å²) >= 11 is 0. The zero-order valence-corrected chi connectivity index (χ0v) is 37.4. The second-order valence-corrected chi connectivity index (χ2v) is 67.0. The molecular formula is C33H73Si6-. The van der Waals surface area contributed by atoms with E-state index >= 15 is 0 Å². The van der Waals surface area contributed by atoms with Gasteiger partial charge in [0.05, 0.1) is 0 Å². The Hall–Kier alpha value is 1.04. The van der Waals surface area contributed by atoms with Crippen molar-refractivity contribution in [2.24, 2.45) is 0 Å². The van der Waals surface area contributed by atoms with E-state index in [1.807, 2.05) is 0 Å². The van der Waals surface area contributed by atoms with Crippen LogP contribution in [-0.4, -0.2) is 44.9 Å². The third kappa shape index (κ3) is 5.14. The van der Waals surface area contributed by atoms with Gasteiger partial charge in [0, 0.05) is 22.8 Å². The summed E-state index contributed by atoms with van der Waals surface area (Å²) in [7, 11) is -4.88. The monoisotopic (exact) mass is 637 g/mol. The lowest BCUT2D eigenvalue weighted by Gasteiger charge is -2.76.